The van der Waals surface area contributed by atoms with E-state index in [4.69, 9.17) is 0 Å². The predicted molar refractivity (Wildman–Crippen MR) is 69.3 cm³/mol. The highest BCUT2D eigenvalue weighted by Gasteiger charge is 2.20. The minimum absolute atomic E-state index is 0.115. The summed E-state index contributed by atoms with van der Waals surface area (Å²) in [4.78, 5) is 16.2. The van der Waals surface area contributed by atoms with E-state index in [2.05, 4.69) is 31.1 Å². The highest BCUT2D eigenvalue weighted by Crippen LogP contribution is 2.17. The first kappa shape index (κ1) is 13.7. The van der Waals surface area contributed by atoms with E-state index in [1.165, 1.54) is 0 Å². The van der Waals surface area contributed by atoms with Crippen molar-refractivity contribution in [1.29, 1.82) is 0 Å². The molecular formula is C14H22N2O. The van der Waals surface area contributed by atoms with Gasteiger partial charge in [-0.1, -0.05) is 33.3 Å². The van der Waals surface area contributed by atoms with Gasteiger partial charge in [0.1, 0.15) is 0 Å². The molecule has 0 aromatic carbocycles. The second-order valence-corrected chi connectivity index (χ2v) is 4.68. The molecule has 94 valence electrons. The van der Waals surface area contributed by atoms with Crippen LogP contribution in [0.15, 0.2) is 24.4 Å². The molecule has 1 amide bonds. The monoisotopic (exact) mass is 234 g/mol. The van der Waals surface area contributed by atoms with Crippen molar-refractivity contribution in [3.8, 4) is 0 Å². The highest BCUT2D eigenvalue weighted by molar-refractivity contribution is 5.78. The second kappa shape index (κ2) is 7.05. The van der Waals surface area contributed by atoms with E-state index >= 15 is 0 Å². The fourth-order valence-electron chi connectivity index (χ4n) is 1.89. The summed E-state index contributed by atoms with van der Waals surface area (Å²) in [5, 5.41) is 2.96. The van der Waals surface area contributed by atoms with Crippen molar-refractivity contribution in [2.75, 3.05) is 0 Å². The van der Waals surface area contributed by atoms with Gasteiger partial charge < -0.3 is 5.32 Å². The van der Waals surface area contributed by atoms with Gasteiger partial charge in [-0.25, -0.2) is 0 Å². The lowest BCUT2D eigenvalue weighted by Gasteiger charge is -2.19. The summed E-state index contributed by atoms with van der Waals surface area (Å²) in [6.45, 7) is 6.83. The SMILES string of the molecule is CCC[C@@H](C(=O)NCc1ccccn1)C(C)C. The van der Waals surface area contributed by atoms with E-state index in [9.17, 15) is 4.79 Å². The number of nitrogens with one attached hydrogen (secondary N) is 1. The fourth-order valence-corrected chi connectivity index (χ4v) is 1.89. The van der Waals surface area contributed by atoms with Crippen molar-refractivity contribution in [3.63, 3.8) is 0 Å². The Morgan fingerprint density at radius 1 is 1.41 bits per heavy atom. The van der Waals surface area contributed by atoms with Gasteiger partial charge in [0.15, 0.2) is 0 Å². The Bertz CT molecular complexity index is 335. The second-order valence-electron chi connectivity index (χ2n) is 4.68. The van der Waals surface area contributed by atoms with Crippen LogP contribution in [-0.2, 0) is 11.3 Å². The van der Waals surface area contributed by atoms with Crippen LogP contribution in [0, 0.1) is 11.8 Å². The van der Waals surface area contributed by atoms with E-state index in [-0.39, 0.29) is 11.8 Å². The topological polar surface area (TPSA) is 42.0 Å². The molecule has 1 N–H and O–H groups in total. The average Bonchev–Trinajstić information content (AvgIpc) is 2.34. The predicted octanol–water partition coefficient (Wildman–Crippen LogP) is 2.77. The summed E-state index contributed by atoms with van der Waals surface area (Å²) < 4.78 is 0. The maximum atomic E-state index is 12.0. The molecule has 17 heavy (non-hydrogen) atoms. The molecule has 1 heterocycles. The molecule has 0 fully saturated rings. The van der Waals surface area contributed by atoms with Crippen molar-refractivity contribution in [2.24, 2.45) is 11.8 Å². The molecule has 1 rings (SSSR count). The first-order chi connectivity index (χ1) is 8.15. The molecule has 0 aliphatic heterocycles. The number of hydrogen-bond donors (Lipinski definition) is 1. The van der Waals surface area contributed by atoms with Gasteiger partial charge in [-0.15, -0.1) is 0 Å². The van der Waals surface area contributed by atoms with Crippen molar-refractivity contribution in [2.45, 2.75) is 40.2 Å². The van der Waals surface area contributed by atoms with Crippen LogP contribution in [0.4, 0.5) is 0 Å². The number of carbonyl (C=O) groups is 1. The van der Waals surface area contributed by atoms with Crippen molar-refractivity contribution in [1.82, 2.24) is 10.3 Å². The molecule has 0 bridgehead atoms. The van der Waals surface area contributed by atoms with Crippen LogP contribution < -0.4 is 5.32 Å². The summed E-state index contributed by atoms with van der Waals surface area (Å²) in [5.41, 5.74) is 0.903. The maximum absolute atomic E-state index is 12.0. The highest BCUT2D eigenvalue weighted by atomic mass is 16.1. The van der Waals surface area contributed by atoms with Crippen LogP contribution in [0.3, 0.4) is 0 Å². The van der Waals surface area contributed by atoms with Crippen LogP contribution in [0.25, 0.3) is 0 Å². The van der Waals surface area contributed by atoms with E-state index in [0.717, 1.165) is 18.5 Å². The van der Waals surface area contributed by atoms with Gasteiger partial charge in [0.05, 0.1) is 12.2 Å². The number of carbonyl (C=O) groups excluding carboxylic acids is 1. The molecule has 0 unspecified atom stereocenters. The summed E-state index contributed by atoms with van der Waals surface area (Å²) >= 11 is 0. The Kier molecular flexibility index (Phi) is 5.67. The lowest BCUT2D eigenvalue weighted by atomic mass is 9.90. The van der Waals surface area contributed by atoms with Gasteiger partial charge in [0.2, 0.25) is 5.91 Å². The Balaban J connectivity index is 2.47. The zero-order valence-corrected chi connectivity index (χ0v) is 10.9. The van der Waals surface area contributed by atoms with Gasteiger partial charge in [0, 0.05) is 12.1 Å². The van der Waals surface area contributed by atoms with Crippen molar-refractivity contribution >= 4 is 5.91 Å². The maximum Gasteiger partial charge on any atom is 0.223 e. The number of nitrogens with zero attached hydrogens (tertiary/aromatic N) is 1. The molecule has 0 aliphatic carbocycles. The lowest BCUT2D eigenvalue weighted by molar-refractivity contribution is -0.126. The molecule has 3 nitrogen and oxygen atoms in total. The Hall–Kier alpha value is -1.38. The molecule has 0 radical (unpaired) electrons. The lowest BCUT2D eigenvalue weighted by Crippen LogP contribution is -2.33. The van der Waals surface area contributed by atoms with Crippen LogP contribution in [-0.4, -0.2) is 10.9 Å². The van der Waals surface area contributed by atoms with Gasteiger partial charge in [-0.3, -0.25) is 9.78 Å². The fraction of sp³-hybridized carbons (Fsp3) is 0.571. The van der Waals surface area contributed by atoms with Crippen molar-refractivity contribution < 1.29 is 4.79 Å². The Labute approximate surface area is 104 Å². The Morgan fingerprint density at radius 2 is 2.18 bits per heavy atom. The minimum Gasteiger partial charge on any atom is -0.350 e. The van der Waals surface area contributed by atoms with Crippen LogP contribution in [0.5, 0.6) is 0 Å². The third-order valence-corrected chi connectivity index (χ3v) is 2.91. The molecule has 1 atom stereocenters. The largest absolute Gasteiger partial charge is 0.350 e. The first-order valence-electron chi connectivity index (χ1n) is 6.32. The molecule has 0 aliphatic rings. The number of pyridine rings is 1. The Morgan fingerprint density at radius 3 is 2.71 bits per heavy atom. The van der Waals surface area contributed by atoms with Gasteiger partial charge >= 0.3 is 0 Å². The van der Waals surface area contributed by atoms with Crippen LogP contribution in [0.1, 0.15) is 39.3 Å². The summed E-state index contributed by atoms with van der Waals surface area (Å²) in [7, 11) is 0. The zero-order valence-electron chi connectivity index (χ0n) is 10.9. The number of amides is 1. The van der Waals surface area contributed by atoms with Crippen LogP contribution in [0.2, 0.25) is 0 Å². The molecular weight excluding hydrogens is 212 g/mol. The average molecular weight is 234 g/mol. The molecule has 0 saturated heterocycles. The van der Waals surface area contributed by atoms with Gasteiger partial charge in [-0.05, 0) is 24.5 Å². The molecule has 0 spiro atoms. The first-order valence-corrected chi connectivity index (χ1v) is 6.32. The third kappa shape index (κ3) is 4.55. The third-order valence-electron chi connectivity index (χ3n) is 2.91. The molecule has 0 saturated carbocycles. The van der Waals surface area contributed by atoms with E-state index in [0.29, 0.717) is 12.5 Å². The summed E-state index contributed by atoms with van der Waals surface area (Å²) in [6.07, 6.45) is 3.74. The number of hydrogen-bond acceptors (Lipinski definition) is 2. The molecule has 3 heteroatoms. The zero-order chi connectivity index (χ0) is 12.7. The normalized spacial score (nSPS) is 12.5. The summed E-state index contributed by atoms with van der Waals surface area (Å²) in [5.74, 6) is 0.648. The standard InChI is InChI=1S/C14H22N2O/c1-4-7-13(11(2)3)14(17)16-10-12-8-5-6-9-15-12/h5-6,8-9,11,13H,4,7,10H2,1-3H3,(H,16,17)/t13-/m1/s1. The van der Waals surface area contributed by atoms with E-state index in [1.54, 1.807) is 6.20 Å². The number of aromatic nitrogens is 1. The van der Waals surface area contributed by atoms with E-state index in [1.807, 2.05) is 18.2 Å². The quantitative estimate of drug-likeness (QED) is 0.822. The van der Waals surface area contributed by atoms with Crippen molar-refractivity contribution in [3.05, 3.63) is 30.1 Å². The molecule has 1 aromatic rings. The minimum atomic E-state index is 0.115. The van der Waals surface area contributed by atoms with Gasteiger partial charge in [0.25, 0.3) is 0 Å². The smallest absolute Gasteiger partial charge is 0.223 e. The number of rotatable bonds is 6. The molecule has 1 aromatic heterocycles. The van der Waals surface area contributed by atoms with E-state index < -0.39 is 0 Å². The van der Waals surface area contributed by atoms with Crippen LogP contribution >= 0.6 is 0 Å². The summed E-state index contributed by atoms with van der Waals surface area (Å²) in [6, 6.07) is 5.73. The van der Waals surface area contributed by atoms with Gasteiger partial charge in [-0.2, -0.15) is 0 Å².